The second kappa shape index (κ2) is 12.8. The highest BCUT2D eigenvalue weighted by atomic mass is 16.5. The SMILES string of the molecule is CCOC(=O)/C=C\C(=O)O.COC(=O)/C=C\C(=O)OC. The lowest BCUT2D eigenvalue weighted by Crippen LogP contribution is -2.00. The summed E-state index contributed by atoms with van der Waals surface area (Å²) in [7, 11) is 2.45. The van der Waals surface area contributed by atoms with Crippen LogP contribution in [-0.2, 0) is 33.4 Å². The van der Waals surface area contributed by atoms with Gasteiger partial charge in [-0.2, -0.15) is 0 Å². The van der Waals surface area contributed by atoms with E-state index in [9.17, 15) is 19.2 Å². The van der Waals surface area contributed by atoms with Gasteiger partial charge in [-0.25, -0.2) is 19.2 Å². The molecule has 0 heterocycles. The van der Waals surface area contributed by atoms with Gasteiger partial charge in [-0.1, -0.05) is 0 Å². The fourth-order valence-electron chi connectivity index (χ4n) is 0.602. The fraction of sp³-hybridized carbons (Fsp3) is 0.333. The zero-order chi connectivity index (χ0) is 16.0. The van der Waals surface area contributed by atoms with Crippen molar-refractivity contribution < 1.29 is 38.5 Å². The number of carbonyl (C=O) groups is 4. The van der Waals surface area contributed by atoms with Gasteiger partial charge in [0.1, 0.15) is 0 Å². The standard InChI is InChI=1S/2C6H8O4/c1-9-5(7)3-4-6(8)10-2;1-2-10-6(9)4-3-5(7)8/h3-4H,1-2H3;3-4H,2H2,1H3,(H,7,8)/b2*4-3-. The molecule has 0 aliphatic rings. The lowest BCUT2D eigenvalue weighted by Gasteiger charge is -1.92. The average Bonchev–Trinajstić information content (AvgIpc) is 2.43. The van der Waals surface area contributed by atoms with Crippen LogP contribution in [0.5, 0.6) is 0 Å². The van der Waals surface area contributed by atoms with Gasteiger partial charge in [-0.15, -0.1) is 0 Å². The first-order valence-electron chi connectivity index (χ1n) is 5.29. The molecule has 0 aromatic rings. The lowest BCUT2D eigenvalue weighted by atomic mass is 10.5. The highest BCUT2D eigenvalue weighted by Crippen LogP contribution is 1.80. The first-order chi connectivity index (χ1) is 9.37. The number of hydrogen-bond acceptors (Lipinski definition) is 7. The molecule has 0 aliphatic carbocycles. The van der Waals surface area contributed by atoms with Crippen molar-refractivity contribution in [1.29, 1.82) is 0 Å². The number of methoxy groups -OCH3 is 2. The Morgan fingerprint density at radius 1 is 0.850 bits per heavy atom. The molecule has 0 saturated heterocycles. The average molecular weight is 288 g/mol. The van der Waals surface area contributed by atoms with Crippen LogP contribution in [0.3, 0.4) is 0 Å². The normalized spacial score (nSPS) is 9.55. The molecule has 20 heavy (non-hydrogen) atoms. The van der Waals surface area contributed by atoms with Crippen molar-refractivity contribution in [1.82, 2.24) is 0 Å². The van der Waals surface area contributed by atoms with Gasteiger partial charge in [0.2, 0.25) is 0 Å². The van der Waals surface area contributed by atoms with Gasteiger partial charge in [-0.05, 0) is 6.92 Å². The Bertz CT molecular complexity index is 376. The molecule has 0 fully saturated rings. The van der Waals surface area contributed by atoms with Gasteiger partial charge in [0.05, 0.1) is 20.8 Å². The van der Waals surface area contributed by atoms with Crippen molar-refractivity contribution in [2.45, 2.75) is 6.92 Å². The predicted molar refractivity (Wildman–Crippen MR) is 66.6 cm³/mol. The van der Waals surface area contributed by atoms with Crippen LogP contribution in [0.4, 0.5) is 0 Å². The van der Waals surface area contributed by atoms with E-state index in [4.69, 9.17) is 5.11 Å². The minimum absolute atomic E-state index is 0.253. The van der Waals surface area contributed by atoms with Gasteiger partial charge in [-0.3, -0.25) is 0 Å². The molecule has 8 nitrogen and oxygen atoms in total. The molecule has 0 aliphatic heterocycles. The van der Waals surface area contributed by atoms with Crippen LogP contribution in [0.15, 0.2) is 24.3 Å². The van der Waals surface area contributed by atoms with Crippen LogP contribution in [-0.4, -0.2) is 49.8 Å². The third kappa shape index (κ3) is 15.4. The maximum atomic E-state index is 10.4. The topological polar surface area (TPSA) is 116 Å². The van der Waals surface area contributed by atoms with E-state index in [2.05, 4.69) is 14.2 Å². The Kier molecular flexibility index (Phi) is 12.6. The van der Waals surface area contributed by atoms with E-state index in [-0.39, 0.29) is 6.61 Å². The molecule has 8 heteroatoms. The van der Waals surface area contributed by atoms with E-state index in [1.54, 1.807) is 6.92 Å². The maximum absolute atomic E-state index is 10.4. The summed E-state index contributed by atoms with van der Waals surface area (Å²) >= 11 is 0. The molecule has 0 unspecified atom stereocenters. The van der Waals surface area contributed by atoms with Crippen molar-refractivity contribution in [3.8, 4) is 0 Å². The van der Waals surface area contributed by atoms with Crippen molar-refractivity contribution in [3.63, 3.8) is 0 Å². The second-order valence-corrected chi connectivity index (χ2v) is 2.80. The minimum atomic E-state index is -1.16. The minimum Gasteiger partial charge on any atom is -0.478 e. The smallest absolute Gasteiger partial charge is 0.330 e. The largest absolute Gasteiger partial charge is 0.478 e. The zero-order valence-corrected chi connectivity index (χ0v) is 11.3. The number of esters is 3. The van der Waals surface area contributed by atoms with E-state index < -0.39 is 23.9 Å². The summed E-state index contributed by atoms with van der Waals surface area (Å²) < 4.78 is 12.8. The Balaban J connectivity index is 0. The second-order valence-electron chi connectivity index (χ2n) is 2.80. The fourth-order valence-corrected chi connectivity index (χ4v) is 0.602. The summed E-state index contributed by atoms with van der Waals surface area (Å²) in [4.78, 5) is 40.8. The van der Waals surface area contributed by atoms with Crippen LogP contribution >= 0.6 is 0 Å². The highest BCUT2D eigenvalue weighted by molar-refractivity contribution is 5.91. The molecular formula is C12H16O8. The molecule has 0 saturated carbocycles. The summed E-state index contributed by atoms with van der Waals surface area (Å²) in [6.07, 6.45) is 3.58. The number of ether oxygens (including phenoxy) is 3. The van der Waals surface area contributed by atoms with Crippen LogP contribution in [0.1, 0.15) is 6.92 Å². The van der Waals surface area contributed by atoms with E-state index in [1.165, 1.54) is 14.2 Å². The Labute approximate surface area is 115 Å². The maximum Gasteiger partial charge on any atom is 0.330 e. The molecule has 0 amide bonds. The summed E-state index contributed by atoms with van der Waals surface area (Å²) in [6, 6.07) is 0. The van der Waals surface area contributed by atoms with Crippen LogP contribution < -0.4 is 0 Å². The van der Waals surface area contributed by atoms with Crippen molar-refractivity contribution in [3.05, 3.63) is 24.3 Å². The van der Waals surface area contributed by atoms with Gasteiger partial charge < -0.3 is 19.3 Å². The van der Waals surface area contributed by atoms with Crippen molar-refractivity contribution in [2.24, 2.45) is 0 Å². The molecule has 112 valence electrons. The molecule has 0 atom stereocenters. The molecule has 0 radical (unpaired) electrons. The quantitative estimate of drug-likeness (QED) is 0.429. The number of carboxylic acids is 1. The Morgan fingerprint density at radius 3 is 1.55 bits per heavy atom. The van der Waals surface area contributed by atoms with Crippen LogP contribution in [0.25, 0.3) is 0 Å². The summed E-state index contributed by atoms with van der Waals surface area (Å²) in [6.45, 7) is 1.90. The molecule has 0 aromatic heterocycles. The predicted octanol–water partition coefficient (Wildman–Crippen LogP) is 0.0789. The van der Waals surface area contributed by atoms with Crippen molar-refractivity contribution >= 4 is 23.9 Å². The Hall–Kier alpha value is -2.64. The molecule has 0 rings (SSSR count). The summed E-state index contributed by atoms with van der Waals surface area (Å²) in [5.41, 5.74) is 0. The zero-order valence-electron chi connectivity index (χ0n) is 11.3. The van der Waals surface area contributed by atoms with Crippen LogP contribution in [0.2, 0.25) is 0 Å². The van der Waals surface area contributed by atoms with E-state index in [0.717, 1.165) is 24.3 Å². The van der Waals surface area contributed by atoms with Crippen molar-refractivity contribution in [2.75, 3.05) is 20.8 Å². The Morgan fingerprint density at radius 2 is 1.25 bits per heavy atom. The third-order valence-electron chi connectivity index (χ3n) is 1.41. The van der Waals surface area contributed by atoms with Gasteiger partial charge in [0.25, 0.3) is 0 Å². The first-order valence-corrected chi connectivity index (χ1v) is 5.29. The molecule has 1 N–H and O–H groups in total. The number of carbonyl (C=O) groups excluding carboxylic acids is 3. The van der Waals surface area contributed by atoms with E-state index in [1.807, 2.05) is 0 Å². The number of hydrogen-bond donors (Lipinski definition) is 1. The van der Waals surface area contributed by atoms with E-state index in [0.29, 0.717) is 0 Å². The number of rotatable bonds is 5. The summed E-state index contributed by atoms with van der Waals surface area (Å²) in [5, 5.41) is 8.04. The molecule has 0 aromatic carbocycles. The number of aliphatic carboxylic acids is 1. The van der Waals surface area contributed by atoms with Crippen LogP contribution in [0, 0.1) is 0 Å². The molecule has 0 bridgehead atoms. The monoisotopic (exact) mass is 288 g/mol. The highest BCUT2D eigenvalue weighted by Gasteiger charge is 1.95. The first kappa shape index (κ1) is 19.7. The summed E-state index contributed by atoms with van der Waals surface area (Å²) in [5.74, 6) is -2.95. The van der Waals surface area contributed by atoms with Gasteiger partial charge in [0.15, 0.2) is 0 Å². The number of carboxylic acid groups (broad SMARTS) is 1. The van der Waals surface area contributed by atoms with Gasteiger partial charge in [0, 0.05) is 24.3 Å². The molecule has 0 spiro atoms. The third-order valence-corrected chi connectivity index (χ3v) is 1.41. The lowest BCUT2D eigenvalue weighted by molar-refractivity contribution is -0.138. The van der Waals surface area contributed by atoms with Gasteiger partial charge >= 0.3 is 23.9 Å². The van der Waals surface area contributed by atoms with E-state index >= 15 is 0 Å². The molecular weight excluding hydrogens is 272 g/mol.